The van der Waals surface area contributed by atoms with Gasteiger partial charge in [0, 0.05) is 35.5 Å². The van der Waals surface area contributed by atoms with Crippen molar-refractivity contribution in [2.45, 2.75) is 32.7 Å². The van der Waals surface area contributed by atoms with Crippen LogP contribution in [-0.2, 0) is 0 Å². The molecule has 0 bridgehead atoms. The van der Waals surface area contributed by atoms with Crippen LogP contribution in [0.2, 0.25) is 0 Å². The Kier molecular flexibility index (Phi) is 5.64. The molecule has 1 amide bonds. The minimum Gasteiger partial charge on any atom is -0.367 e. The maximum atomic E-state index is 12.4. The van der Waals surface area contributed by atoms with Gasteiger partial charge < -0.3 is 10.6 Å². The second-order valence-electron chi connectivity index (χ2n) is 9.97. The number of anilines is 1. The number of nitrogens with one attached hydrogen (secondary N) is 2. The first-order valence-electron chi connectivity index (χ1n) is 12.6. The molecule has 2 aromatic heterocycles. The summed E-state index contributed by atoms with van der Waals surface area (Å²) in [5.74, 6) is 1.23. The van der Waals surface area contributed by atoms with Crippen LogP contribution in [0.15, 0.2) is 79.1 Å². The summed E-state index contributed by atoms with van der Waals surface area (Å²) in [5, 5.41) is 8.93. The first kappa shape index (κ1) is 22.3. The van der Waals surface area contributed by atoms with Gasteiger partial charge in [-0.2, -0.15) is 0 Å². The van der Waals surface area contributed by atoms with Crippen LogP contribution in [0.4, 0.5) is 5.82 Å². The van der Waals surface area contributed by atoms with Crippen molar-refractivity contribution in [3.05, 3.63) is 84.7 Å². The smallest absolute Gasteiger partial charge is 0.251 e. The van der Waals surface area contributed by atoms with Crippen molar-refractivity contribution < 1.29 is 4.79 Å². The Hall–Kier alpha value is -4.19. The Morgan fingerprint density at radius 3 is 2.50 bits per heavy atom. The van der Waals surface area contributed by atoms with Gasteiger partial charge in [0.1, 0.15) is 0 Å². The van der Waals surface area contributed by atoms with E-state index in [1.54, 1.807) is 0 Å². The lowest BCUT2D eigenvalue weighted by atomic mass is 10.1. The topological polar surface area (TPSA) is 71.3 Å². The number of hydrogen-bond donors (Lipinski definition) is 2. The Labute approximate surface area is 210 Å². The lowest BCUT2D eigenvalue weighted by molar-refractivity contribution is 0.0951. The molecule has 0 unspecified atom stereocenters. The van der Waals surface area contributed by atoms with E-state index < -0.39 is 0 Å². The molecule has 0 atom stereocenters. The SMILES string of the molecule is CC(C)CNc1nc(-c2ccc3ccccc3c2)cn2c(-c3ccc(C(=O)NC4CC4)cc3)cnc12. The maximum absolute atomic E-state index is 12.4. The standard InChI is InChI=1S/C30H29N5O/c1-19(2)16-31-28-29-32-17-27(21-8-10-22(11-9-21)30(36)33-25-13-14-25)35(29)18-26(34-28)24-12-7-20-5-3-4-6-23(20)15-24/h3-12,15,17-19,25H,13-14,16H2,1-2H3,(H,31,34)(H,33,36). The molecule has 180 valence electrons. The van der Waals surface area contributed by atoms with E-state index in [1.165, 1.54) is 10.8 Å². The Bertz CT molecular complexity index is 1560. The van der Waals surface area contributed by atoms with Crippen molar-refractivity contribution in [3.63, 3.8) is 0 Å². The highest BCUT2D eigenvalue weighted by molar-refractivity contribution is 5.95. The van der Waals surface area contributed by atoms with Crippen LogP contribution < -0.4 is 10.6 Å². The van der Waals surface area contributed by atoms with Crippen LogP contribution >= 0.6 is 0 Å². The zero-order valence-corrected chi connectivity index (χ0v) is 20.5. The summed E-state index contributed by atoms with van der Waals surface area (Å²) in [7, 11) is 0. The van der Waals surface area contributed by atoms with Crippen molar-refractivity contribution in [2.24, 2.45) is 5.92 Å². The van der Waals surface area contributed by atoms with Crippen LogP contribution in [0.25, 0.3) is 38.9 Å². The predicted molar refractivity (Wildman–Crippen MR) is 145 cm³/mol. The Morgan fingerprint density at radius 1 is 1.00 bits per heavy atom. The highest BCUT2D eigenvalue weighted by Crippen LogP contribution is 2.30. The quantitative estimate of drug-likeness (QED) is 0.295. The molecular formula is C30H29N5O. The molecule has 3 aromatic carbocycles. The average Bonchev–Trinajstić information content (AvgIpc) is 3.61. The van der Waals surface area contributed by atoms with Gasteiger partial charge in [-0.25, -0.2) is 9.97 Å². The fraction of sp³-hybridized carbons (Fsp3) is 0.233. The van der Waals surface area contributed by atoms with Crippen LogP contribution in [0.3, 0.4) is 0 Å². The summed E-state index contributed by atoms with van der Waals surface area (Å²) in [6, 6.07) is 22.9. The van der Waals surface area contributed by atoms with Gasteiger partial charge >= 0.3 is 0 Å². The number of carbonyl (C=O) groups is 1. The molecule has 1 aliphatic rings. The molecule has 0 saturated heterocycles. The summed E-state index contributed by atoms with van der Waals surface area (Å²) >= 11 is 0. The monoisotopic (exact) mass is 475 g/mol. The van der Waals surface area contributed by atoms with Crippen molar-refractivity contribution in [1.82, 2.24) is 19.7 Å². The summed E-state index contributed by atoms with van der Waals surface area (Å²) in [6.45, 7) is 5.15. The Balaban J connectivity index is 1.42. The van der Waals surface area contributed by atoms with Gasteiger partial charge in [0.2, 0.25) is 0 Å². The van der Waals surface area contributed by atoms with Crippen molar-refractivity contribution in [2.75, 3.05) is 11.9 Å². The molecule has 1 aliphatic carbocycles. The molecule has 6 heteroatoms. The number of imidazole rings is 1. The molecule has 2 heterocycles. The number of rotatable bonds is 7. The van der Waals surface area contributed by atoms with Crippen molar-refractivity contribution in [3.8, 4) is 22.5 Å². The van der Waals surface area contributed by atoms with E-state index >= 15 is 0 Å². The van der Waals surface area contributed by atoms with Crippen molar-refractivity contribution >= 4 is 28.1 Å². The van der Waals surface area contributed by atoms with E-state index in [0.29, 0.717) is 17.5 Å². The number of hydrogen-bond acceptors (Lipinski definition) is 4. The number of carbonyl (C=O) groups excluding carboxylic acids is 1. The molecule has 6 nitrogen and oxygen atoms in total. The van der Waals surface area contributed by atoms with E-state index in [-0.39, 0.29) is 5.91 Å². The summed E-state index contributed by atoms with van der Waals surface area (Å²) in [6.07, 6.45) is 6.08. The zero-order valence-electron chi connectivity index (χ0n) is 20.5. The van der Waals surface area contributed by atoms with E-state index in [1.807, 2.05) is 30.5 Å². The number of nitrogens with zero attached hydrogens (tertiary/aromatic N) is 3. The highest BCUT2D eigenvalue weighted by atomic mass is 16.1. The maximum Gasteiger partial charge on any atom is 0.251 e. The lowest BCUT2D eigenvalue weighted by Gasteiger charge is -2.13. The van der Waals surface area contributed by atoms with Gasteiger partial charge in [-0.1, -0.05) is 62.4 Å². The van der Waals surface area contributed by atoms with Crippen LogP contribution in [0, 0.1) is 5.92 Å². The van der Waals surface area contributed by atoms with Crippen LogP contribution in [0.5, 0.6) is 0 Å². The second-order valence-corrected chi connectivity index (χ2v) is 9.97. The molecule has 5 aromatic rings. The molecule has 36 heavy (non-hydrogen) atoms. The number of benzene rings is 3. The average molecular weight is 476 g/mol. The first-order valence-corrected chi connectivity index (χ1v) is 12.6. The molecule has 6 rings (SSSR count). The molecule has 0 radical (unpaired) electrons. The second kappa shape index (κ2) is 9.11. The largest absolute Gasteiger partial charge is 0.367 e. The molecule has 0 spiro atoms. The third-order valence-electron chi connectivity index (χ3n) is 6.57. The third kappa shape index (κ3) is 4.42. The molecule has 1 saturated carbocycles. The summed E-state index contributed by atoms with van der Waals surface area (Å²) in [5.41, 5.74) is 5.34. The molecule has 2 N–H and O–H groups in total. The van der Waals surface area contributed by atoms with Gasteiger partial charge in [0.15, 0.2) is 11.5 Å². The fourth-order valence-corrected chi connectivity index (χ4v) is 4.40. The molecule has 0 aliphatic heterocycles. The summed E-state index contributed by atoms with van der Waals surface area (Å²) < 4.78 is 2.10. The van der Waals surface area contributed by atoms with E-state index in [4.69, 9.17) is 9.97 Å². The van der Waals surface area contributed by atoms with Gasteiger partial charge in [0.25, 0.3) is 5.91 Å². The van der Waals surface area contributed by atoms with Crippen LogP contribution in [0.1, 0.15) is 37.0 Å². The zero-order chi connectivity index (χ0) is 24.6. The number of aromatic nitrogens is 3. The molecule has 1 fully saturated rings. The van der Waals surface area contributed by atoms with E-state index in [2.05, 4.69) is 77.5 Å². The minimum atomic E-state index is -0.00912. The van der Waals surface area contributed by atoms with Crippen LogP contribution in [-0.4, -0.2) is 32.9 Å². The van der Waals surface area contributed by atoms with Gasteiger partial charge in [-0.05, 0) is 47.7 Å². The van der Waals surface area contributed by atoms with Gasteiger partial charge in [-0.15, -0.1) is 0 Å². The Morgan fingerprint density at radius 2 is 1.75 bits per heavy atom. The third-order valence-corrected chi connectivity index (χ3v) is 6.57. The first-order chi connectivity index (χ1) is 17.5. The number of amides is 1. The van der Waals surface area contributed by atoms with E-state index in [9.17, 15) is 4.79 Å². The normalized spacial score (nSPS) is 13.4. The fourth-order valence-electron chi connectivity index (χ4n) is 4.40. The highest BCUT2D eigenvalue weighted by Gasteiger charge is 2.23. The predicted octanol–water partition coefficient (Wildman–Crippen LogP) is 6.18. The van der Waals surface area contributed by atoms with Gasteiger partial charge in [-0.3, -0.25) is 9.20 Å². The summed E-state index contributed by atoms with van der Waals surface area (Å²) in [4.78, 5) is 22.1. The number of fused-ring (bicyclic) bond motifs is 2. The van der Waals surface area contributed by atoms with Gasteiger partial charge in [0.05, 0.1) is 17.6 Å². The lowest BCUT2D eigenvalue weighted by Crippen LogP contribution is -2.25. The molecular weight excluding hydrogens is 446 g/mol. The van der Waals surface area contributed by atoms with E-state index in [0.717, 1.165) is 53.4 Å². The minimum absolute atomic E-state index is 0.00912. The van der Waals surface area contributed by atoms with Crippen molar-refractivity contribution in [1.29, 1.82) is 0 Å².